The molecule has 2 fully saturated rings. The Labute approximate surface area is 234 Å². The van der Waals surface area contributed by atoms with Gasteiger partial charge in [0.25, 0.3) is 0 Å². The number of carbonyl (C=O) groups excluding carboxylic acids is 2. The van der Waals surface area contributed by atoms with Crippen molar-refractivity contribution >= 4 is 39.2 Å². The van der Waals surface area contributed by atoms with Gasteiger partial charge in [0.15, 0.2) is 0 Å². The van der Waals surface area contributed by atoms with Gasteiger partial charge in [-0.1, -0.05) is 29.8 Å². The lowest BCUT2D eigenvalue weighted by Gasteiger charge is -2.35. The Morgan fingerprint density at radius 2 is 1.77 bits per heavy atom. The van der Waals surface area contributed by atoms with Crippen LogP contribution in [0, 0.1) is 0 Å². The number of amides is 2. The number of aromatic nitrogens is 1. The molecule has 0 spiro atoms. The molecular formula is C27H33ClN4O6S. The van der Waals surface area contributed by atoms with Crippen LogP contribution in [0.5, 0.6) is 5.88 Å². The lowest BCUT2D eigenvalue weighted by atomic mass is 9.99. The van der Waals surface area contributed by atoms with Crippen molar-refractivity contribution in [3.05, 3.63) is 58.8 Å². The Hall–Kier alpha value is -3.15. The number of pyridine rings is 1. The van der Waals surface area contributed by atoms with Crippen LogP contribution in [0.4, 0.5) is 4.79 Å². The minimum Gasteiger partial charge on any atom is -0.480 e. The molecule has 1 atom stereocenters. The monoisotopic (exact) mass is 576 g/mol. The number of carbonyl (C=O) groups is 2. The van der Waals surface area contributed by atoms with Gasteiger partial charge in [-0.2, -0.15) is 4.31 Å². The van der Waals surface area contributed by atoms with E-state index in [1.54, 1.807) is 57.2 Å². The van der Waals surface area contributed by atoms with E-state index >= 15 is 0 Å². The number of methoxy groups -OCH3 is 1. The molecule has 1 aromatic carbocycles. The summed E-state index contributed by atoms with van der Waals surface area (Å²) in [4.78, 5) is 30.3. The fourth-order valence-corrected chi connectivity index (χ4v) is 6.01. The summed E-state index contributed by atoms with van der Waals surface area (Å²) < 4.78 is 38.8. The molecule has 1 aromatic heterocycles. The molecule has 2 aromatic rings. The molecular weight excluding hydrogens is 544 g/mol. The van der Waals surface area contributed by atoms with Gasteiger partial charge in [-0.25, -0.2) is 18.2 Å². The molecule has 2 saturated heterocycles. The molecule has 2 amide bonds. The molecule has 0 bridgehead atoms. The SMILES string of the molecule is COc1nc(/C(=C/[C@H]2CCC(=O)N2)c2ccc(S(=O)(=O)N3CCN(C(=O)OC(C)(C)C)CC3)cc2)ccc1Cl. The first kappa shape index (κ1) is 28.8. The molecule has 2 aliphatic heterocycles. The molecule has 210 valence electrons. The van der Waals surface area contributed by atoms with Gasteiger partial charge in [-0.15, -0.1) is 0 Å². The second-order valence-corrected chi connectivity index (χ2v) is 12.7. The van der Waals surface area contributed by atoms with Gasteiger partial charge in [0.2, 0.25) is 21.8 Å². The third kappa shape index (κ3) is 6.90. The van der Waals surface area contributed by atoms with E-state index < -0.39 is 21.7 Å². The number of halogens is 1. The number of hydrogen-bond acceptors (Lipinski definition) is 7. The van der Waals surface area contributed by atoms with Crippen molar-refractivity contribution in [2.24, 2.45) is 0 Å². The lowest BCUT2D eigenvalue weighted by Crippen LogP contribution is -2.51. The topological polar surface area (TPSA) is 118 Å². The fraction of sp³-hybridized carbons (Fsp3) is 0.444. The van der Waals surface area contributed by atoms with E-state index in [1.807, 2.05) is 6.08 Å². The molecule has 39 heavy (non-hydrogen) atoms. The minimum atomic E-state index is -3.77. The smallest absolute Gasteiger partial charge is 0.410 e. The van der Waals surface area contributed by atoms with Crippen LogP contribution in [0.3, 0.4) is 0 Å². The number of piperazine rings is 1. The van der Waals surface area contributed by atoms with Gasteiger partial charge in [-0.05, 0) is 57.0 Å². The van der Waals surface area contributed by atoms with E-state index in [0.29, 0.717) is 29.1 Å². The van der Waals surface area contributed by atoms with Crippen molar-refractivity contribution < 1.29 is 27.5 Å². The molecule has 3 heterocycles. The summed E-state index contributed by atoms with van der Waals surface area (Å²) in [7, 11) is -2.30. The second-order valence-electron chi connectivity index (χ2n) is 10.4. The van der Waals surface area contributed by atoms with Gasteiger partial charge in [0, 0.05) is 44.2 Å². The number of ether oxygens (including phenoxy) is 2. The van der Waals surface area contributed by atoms with Crippen LogP contribution in [-0.4, -0.2) is 79.5 Å². The standard InChI is InChI=1S/C27H33ClN4O6S/c1-27(2,3)38-26(34)31-13-15-32(16-14-31)39(35,36)20-8-5-18(6-9-20)21(17-19-7-12-24(33)29-19)23-11-10-22(28)25(30-23)37-4/h5-6,8-11,17,19H,7,12-16H2,1-4H3,(H,29,33)/b21-17+/t19-/m1/s1. The molecule has 0 aliphatic carbocycles. The van der Waals surface area contributed by atoms with E-state index in [9.17, 15) is 18.0 Å². The molecule has 2 aliphatic rings. The maximum atomic E-state index is 13.4. The Morgan fingerprint density at radius 3 is 2.33 bits per heavy atom. The third-order valence-corrected chi connectivity index (χ3v) is 8.57. The van der Waals surface area contributed by atoms with Crippen LogP contribution in [0.1, 0.15) is 44.9 Å². The summed E-state index contributed by atoms with van der Waals surface area (Å²) in [6.45, 7) is 6.21. The zero-order chi connectivity index (χ0) is 28.4. The van der Waals surface area contributed by atoms with Crippen LogP contribution in [0.15, 0.2) is 47.4 Å². The van der Waals surface area contributed by atoms with Crippen LogP contribution in [-0.2, 0) is 19.6 Å². The van der Waals surface area contributed by atoms with Gasteiger partial charge in [0.1, 0.15) is 10.6 Å². The highest BCUT2D eigenvalue weighted by Gasteiger charge is 2.32. The van der Waals surface area contributed by atoms with Gasteiger partial charge in [-0.3, -0.25) is 4.79 Å². The highest BCUT2D eigenvalue weighted by atomic mass is 35.5. The number of benzene rings is 1. The van der Waals surface area contributed by atoms with Crippen molar-refractivity contribution in [2.75, 3.05) is 33.3 Å². The van der Waals surface area contributed by atoms with E-state index in [-0.39, 0.29) is 48.9 Å². The van der Waals surface area contributed by atoms with Crippen molar-refractivity contribution in [2.45, 2.75) is 50.2 Å². The summed E-state index contributed by atoms with van der Waals surface area (Å²) in [5.41, 5.74) is 1.39. The summed E-state index contributed by atoms with van der Waals surface area (Å²) >= 11 is 6.17. The maximum Gasteiger partial charge on any atom is 0.410 e. The highest BCUT2D eigenvalue weighted by Crippen LogP contribution is 2.30. The van der Waals surface area contributed by atoms with Crippen LogP contribution >= 0.6 is 11.6 Å². The van der Waals surface area contributed by atoms with Gasteiger partial charge in [0.05, 0.1) is 17.7 Å². The number of nitrogens with one attached hydrogen (secondary N) is 1. The zero-order valence-electron chi connectivity index (χ0n) is 22.4. The van der Waals surface area contributed by atoms with Crippen LogP contribution in [0.2, 0.25) is 5.02 Å². The van der Waals surface area contributed by atoms with Gasteiger partial charge < -0.3 is 19.7 Å². The van der Waals surface area contributed by atoms with E-state index in [4.69, 9.17) is 21.1 Å². The molecule has 4 rings (SSSR count). The predicted molar refractivity (Wildman–Crippen MR) is 147 cm³/mol. The van der Waals surface area contributed by atoms with E-state index in [2.05, 4.69) is 10.3 Å². The summed E-state index contributed by atoms with van der Waals surface area (Å²) in [5, 5.41) is 3.29. The van der Waals surface area contributed by atoms with Crippen molar-refractivity contribution in [1.82, 2.24) is 19.5 Å². The largest absolute Gasteiger partial charge is 0.480 e. The average Bonchev–Trinajstić information content (AvgIpc) is 3.31. The van der Waals surface area contributed by atoms with Crippen molar-refractivity contribution in [3.63, 3.8) is 0 Å². The van der Waals surface area contributed by atoms with Crippen molar-refractivity contribution in [1.29, 1.82) is 0 Å². The Balaban J connectivity index is 1.55. The van der Waals surface area contributed by atoms with Crippen molar-refractivity contribution in [3.8, 4) is 5.88 Å². The summed E-state index contributed by atoms with van der Waals surface area (Å²) in [5.74, 6) is 0.241. The molecule has 12 heteroatoms. The summed E-state index contributed by atoms with van der Waals surface area (Å²) in [6.07, 6.45) is 2.55. The predicted octanol–water partition coefficient (Wildman–Crippen LogP) is 3.70. The van der Waals surface area contributed by atoms with Crippen LogP contribution in [0.25, 0.3) is 5.57 Å². The molecule has 10 nitrogen and oxygen atoms in total. The molecule has 0 radical (unpaired) electrons. The molecule has 0 saturated carbocycles. The highest BCUT2D eigenvalue weighted by molar-refractivity contribution is 7.89. The normalized spacial score (nSPS) is 19.1. The number of nitrogens with zero attached hydrogens (tertiary/aromatic N) is 3. The third-order valence-electron chi connectivity index (χ3n) is 6.37. The zero-order valence-corrected chi connectivity index (χ0v) is 24.0. The van der Waals surface area contributed by atoms with Gasteiger partial charge >= 0.3 is 6.09 Å². The number of hydrogen-bond donors (Lipinski definition) is 1. The molecule has 1 N–H and O–H groups in total. The Bertz CT molecular complexity index is 1360. The van der Waals surface area contributed by atoms with E-state index in [1.165, 1.54) is 16.3 Å². The Morgan fingerprint density at radius 1 is 1.10 bits per heavy atom. The summed E-state index contributed by atoms with van der Waals surface area (Å²) in [6, 6.07) is 9.80. The van der Waals surface area contributed by atoms with E-state index in [0.717, 1.165) is 5.56 Å². The minimum absolute atomic E-state index is 0.0227. The quantitative estimate of drug-likeness (QED) is 0.557. The fourth-order valence-electron chi connectivity index (χ4n) is 4.40. The lowest BCUT2D eigenvalue weighted by molar-refractivity contribution is -0.119. The average molecular weight is 577 g/mol. The number of rotatable bonds is 6. The second kappa shape index (κ2) is 11.5. The first-order valence-corrected chi connectivity index (χ1v) is 14.5. The Kier molecular flexibility index (Phi) is 8.53. The number of sulfonamides is 1. The van der Waals surface area contributed by atoms with Crippen LogP contribution < -0.4 is 10.1 Å². The molecule has 0 unspecified atom stereocenters. The first-order chi connectivity index (χ1) is 18.4. The maximum absolute atomic E-state index is 13.4. The first-order valence-electron chi connectivity index (χ1n) is 12.7.